The molecule has 3 heterocycles. The van der Waals surface area contributed by atoms with Gasteiger partial charge in [0, 0.05) is 35.0 Å². The highest BCUT2D eigenvalue weighted by Crippen LogP contribution is 2.31. The molecule has 1 aliphatic heterocycles. The van der Waals surface area contributed by atoms with E-state index < -0.39 is 0 Å². The summed E-state index contributed by atoms with van der Waals surface area (Å²) in [5.41, 5.74) is 3.40. The molecule has 2 aromatic heterocycles. The van der Waals surface area contributed by atoms with Crippen molar-refractivity contribution in [3.8, 4) is 11.4 Å². The fourth-order valence-corrected chi connectivity index (χ4v) is 4.64. The van der Waals surface area contributed by atoms with Crippen LogP contribution in [-0.2, 0) is 11.3 Å². The maximum atomic E-state index is 5.92. The summed E-state index contributed by atoms with van der Waals surface area (Å²) in [4.78, 5) is 3.36. The van der Waals surface area contributed by atoms with Gasteiger partial charge in [-0.2, -0.15) is 0 Å². The van der Waals surface area contributed by atoms with Gasteiger partial charge in [0.15, 0.2) is 11.0 Å². The minimum atomic E-state index is 0.226. The fourth-order valence-electron chi connectivity index (χ4n) is 3.88. The second kappa shape index (κ2) is 8.90. The van der Waals surface area contributed by atoms with Crippen molar-refractivity contribution in [3.05, 3.63) is 72.4 Å². The number of ether oxygens (including phenoxy) is 1. The molecule has 2 aromatic carbocycles. The second-order valence-corrected chi connectivity index (χ2v) is 8.41. The van der Waals surface area contributed by atoms with Crippen molar-refractivity contribution in [2.75, 3.05) is 12.4 Å². The van der Waals surface area contributed by atoms with Crippen LogP contribution < -0.4 is 0 Å². The van der Waals surface area contributed by atoms with Gasteiger partial charge in [-0.15, -0.1) is 10.2 Å². The molecule has 5 nitrogen and oxygen atoms in total. The van der Waals surface area contributed by atoms with Crippen molar-refractivity contribution in [2.24, 2.45) is 0 Å². The molecule has 1 atom stereocenters. The van der Waals surface area contributed by atoms with Gasteiger partial charge in [-0.05, 0) is 24.5 Å². The Kier molecular flexibility index (Phi) is 5.68. The molecule has 1 aliphatic rings. The largest absolute Gasteiger partial charge is 0.376 e. The standard InChI is InChI=1S/C24H24N4OS/c1-2-8-18(9-3-1)10-7-15-30-24-27-26-23(28(24)17-19-11-6-14-29-19)21-16-25-22-13-5-4-12-20(21)22/h1-5,7-10,12-13,16,19,25H,6,11,14-15,17H2/b10-7+. The van der Waals surface area contributed by atoms with Crippen LogP contribution in [0.4, 0.5) is 0 Å². The van der Waals surface area contributed by atoms with E-state index >= 15 is 0 Å². The third-order valence-electron chi connectivity index (χ3n) is 5.38. The topological polar surface area (TPSA) is 55.7 Å². The van der Waals surface area contributed by atoms with E-state index in [0.29, 0.717) is 0 Å². The van der Waals surface area contributed by atoms with E-state index in [1.807, 2.05) is 18.3 Å². The van der Waals surface area contributed by atoms with Crippen LogP contribution in [0.2, 0.25) is 0 Å². The van der Waals surface area contributed by atoms with Crippen LogP contribution in [0.1, 0.15) is 18.4 Å². The van der Waals surface area contributed by atoms with E-state index in [1.165, 1.54) is 10.9 Å². The van der Waals surface area contributed by atoms with E-state index in [-0.39, 0.29) is 6.10 Å². The number of nitrogens with one attached hydrogen (secondary N) is 1. The summed E-state index contributed by atoms with van der Waals surface area (Å²) in [6.07, 6.45) is 8.79. The van der Waals surface area contributed by atoms with Gasteiger partial charge in [-0.25, -0.2) is 0 Å². The number of hydrogen-bond donors (Lipinski definition) is 1. The second-order valence-electron chi connectivity index (χ2n) is 7.42. The predicted molar refractivity (Wildman–Crippen MR) is 122 cm³/mol. The number of hydrogen-bond acceptors (Lipinski definition) is 4. The van der Waals surface area contributed by atoms with E-state index in [0.717, 1.165) is 53.8 Å². The Morgan fingerprint density at radius 1 is 1.10 bits per heavy atom. The van der Waals surface area contributed by atoms with Crippen LogP contribution in [0.3, 0.4) is 0 Å². The van der Waals surface area contributed by atoms with Crippen molar-refractivity contribution in [3.63, 3.8) is 0 Å². The third kappa shape index (κ3) is 4.06. The highest BCUT2D eigenvalue weighted by atomic mass is 32.2. The lowest BCUT2D eigenvalue weighted by molar-refractivity contribution is 0.0953. The number of para-hydroxylation sites is 1. The summed E-state index contributed by atoms with van der Waals surface area (Å²) in [7, 11) is 0. The number of aromatic nitrogens is 4. The van der Waals surface area contributed by atoms with Gasteiger partial charge in [0.2, 0.25) is 0 Å². The Hall–Kier alpha value is -2.83. The molecule has 152 valence electrons. The molecule has 0 bridgehead atoms. The molecule has 0 radical (unpaired) electrons. The van der Waals surface area contributed by atoms with Crippen LogP contribution in [0.15, 0.2) is 72.0 Å². The maximum absolute atomic E-state index is 5.92. The van der Waals surface area contributed by atoms with Gasteiger partial charge < -0.3 is 9.72 Å². The average Bonchev–Trinajstić information content (AvgIpc) is 3.53. The first kappa shape index (κ1) is 19.2. The fraction of sp³-hybridized carbons (Fsp3) is 0.250. The van der Waals surface area contributed by atoms with Gasteiger partial charge in [0.05, 0.1) is 12.6 Å². The van der Waals surface area contributed by atoms with Crippen LogP contribution in [-0.4, -0.2) is 38.2 Å². The summed E-state index contributed by atoms with van der Waals surface area (Å²) in [5.74, 6) is 1.74. The quantitative estimate of drug-likeness (QED) is 0.409. The zero-order chi connectivity index (χ0) is 20.2. The van der Waals surface area contributed by atoms with Crippen LogP contribution in [0.25, 0.3) is 28.4 Å². The molecule has 1 unspecified atom stereocenters. The molecule has 0 aliphatic carbocycles. The number of H-pyrrole nitrogens is 1. The lowest BCUT2D eigenvalue weighted by Crippen LogP contribution is -2.16. The molecule has 1 fully saturated rings. The molecule has 1 saturated heterocycles. The van der Waals surface area contributed by atoms with E-state index in [9.17, 15) is 0 Å². The number of aromatic amines is 1. The Morgan fingerprint density at radius 3 is 2.83 bits per heavy atom. The van der Waals surface area contributed by atoms with Gasteiger partial charge in [0.1, 0.15) is 0 Å². The Balaban J connectivity index is 1.41. The molecule has 6 heteroatoms. The minimum Gasteiger partial charge on any atom is -0.376 e. The van der Waals surface area contributed by atoms with Crippen molar-refractivity contribution < 1.29 is 4.74 Å². The minimum absolute atomic E-state index is 0.226. The zero-order valence-electron chi connectivity index (χ0n) is 16.7. The smallest absolute Gasteiger partial charge is 0.191 e. The third-order valence-corrected chi connectivity index (χ3v) is 6.30. The first-order chi connectivity index (χ1) is 14.9. The summed E-state index contributed by atoms with van der Waals surface area (Å²) in [6.45, 7) is 1.63. The van der Waals surface area contributed by atoms with Gasteiger partial charge >= 0.3 is 0 Å². The summed E-state index contributed by atoms with van der Waals surface area (Å²) < 4.78 is 8.15. The zero-order valence-corrected chi connectivity index (χ0v) is 17.5. The number of benzene rings is 2. The van der Waals surface area contributed by atoms with Crippen molar-refractivity contribution in [2.45, 2.75) is 30.6 Å². The molecular formula is C24H24N4OS. The molecule has 5 rings (SSSR count). The lowest BCUT2D eigenvalue weighted by Gasteiger charge is -2.14. The highest BCUT2D eigenvalue weighted by Gasteiger charge is 2.22. The normalized spacial score (nSPS) is 16.7. The highest BCUT2D eigenvalue weighted by molar-refractivity contribution is 7.99. The number of nitrogens with zero attached hydrogens (tertiary/aromatic N) is 3. The van der Waals surface area contributed by atoms with Crippen molar-refractivity contribution in [1.82, 2.24) is 19.7 Å². The first-order valence-electron chi connectivity index (χ1n) is 10.3. The number of thioether (sulfide) groups is 1. The SMILES string of the molecule is C(=C\c1ccccc1)/CSc1nnc(-c2c[nH]c3ccccc23)n1CC1CCCO1. The van der Waals surface area contributed by atoms with Crippen LogP contribution in [0.5, 0.6) is 0 Å². The average molecular weight is 417 g/mol. The van der Waals surface area contributed by atoms with Crippen molar-refractivity contribution >= 4 is 28.7 Å². The van der Waals surface area contributed by atoms with Gasteiger partial charge in [0.25, 0.3) is 0 Å². The summed E-state index contributed by atoms with van der Waals surface area (Å²) in [5, 5.41) is 11.2. The molecule has 1 N–H and O–H groups in total. The van der Waals surface area contributed by atoms with Gasteiger partial charge in [-0.3, -0.25) is 4.57 Å². The molecule has 4 aromatic rings. The van der Waals surface area contributed by atoms with Gasteiger partial charge in [-0.1, -0.05) is 72.4 Å². The van der Waals surface area contributed by atoms with Crippen LogP contribution in [0, 0.1) is 0 Å². The van der Waals surface area contributed by atoms with E-state index in [4.69, 9.17) is 4.74 Å². The Labute approximate surface area is 180 Å². The first-order valence-corrected chi connectivity index (χ1v) is 11.3. The Morgan fingerprint density at radius 2 is 1.97 bits per heavy atom. The van der Waals surface area contributed by atoms with Crippen LogP contribution >= 0.6 is 11.8 Å². The summed E-state index contributed by atoms with van der Waals surface area (Å²) in [6, 6.07) is 18.7. The molecule has 0 saturated carbocycles. The molecule has 0 amide bonds. The number of rotatable bonds is 7. The van der Waals surface area contributed by atoms with Crippen molar-refractivity contribution in [1.29, 1.82) is 0 Å². The molecule has 30 heavy (non-hydrogen) atoms. The van der Waals surface area contributed by atoms with E-state index in [1.54, 1.807) is 11.8 Å². The number of fused-ring (bicyclic) bond motifs is 1. The Bertz CT molecular complexity index is 1140. The summed E-state index contributed by atoms with van der Waals surface area (Å²) >= 11 is 1.71. The predicted octanol–water partition coefficient (Wildman–Crippen LogP) is 5.41. The molecule has 0 spiro atoms. The maximum Gasteiger partial charge on any atom is 0.191 e. The lowest BCUT2D eigenvalue weighted by atomic mass is 10.1. The van der Waals surface area contributed by atoms with E-state index in [2.05, 4.69) is 74.4 Å². The molecular weight excluding hydrogens is 392 g/mol. The monoisotopic (exact) mass is 416 g/mol.